The molecule has 2 aromatic heterocycles. The van der Waals surface area contributed by atoms with Gasteiger partial charge in [-0.05, 0) is 34.6 Å². The fraction of sp³-hybridized carbons (Fsp3) is 0.192. The van der Waals surface area contributed by atoms with E-state index < -0.39 is 6.03 Å². The molecule has 0 fully saturated rings. The maximum Gasteiger partial charge on any atom is 0.324 e. The number of nitrogens with zero attached hydrogens (tertiary/aromatic N) is 1. The molecule has 0 aliphatic rings. The number of aromatic nitrogens is 1. The molecule has 0 spiro atoms. The third kappa shape index (κ3) is 5.38. The molecule has 0 saturated heterocycles. The number of amides is 3. The van der Waals surface area contributed by atoms with Crippen LogP contribution in [-0.2, 0) is 12.0 Å². The second-order valence-electron chi connectivity index (χ2n) is 8.75. The van der Waals surface area contributed by atoms with E-state index in [9.17, 15) is 9.59 Å². The molecule has 6 nitrogen and oxygen atoms in total. The van der Waals surface area contributed by atoms with E-state index in [1.807, 2.05) is 60.7 Å². The van der Waals surface area contributed by atoms with Gasteiger partial charge in [-0.2, -0.15) is 0 Å². The predicted molar refractivity (Wildman–Crippen MR) is 135 cm³/mol. The molecule has 7 heteroatoms. The first-order chi connectivity index (χ1) is 15.8. The number of hydrogen-bond acceptors (Lipinski definition) is 4. The summed E-state index contributed by atoms with van der Waals surface area (Å²) in [6.07, 6.45) is 3.40. The Bertz CT molecular complexity index is 1290. The van der Waals surface area contributed by atoms with E-state index in [0.717, 1.165) is 21.2 Å². The smallest absolute Gasteiger partial charge is 0.324 e. The van der Waals surface area contributed by atoms with Crippen LogP contribution in [0.2, 0.25) is 0 Å². The van der Waals surface area contributed by atoms with Crippen molar-refractivity contribution in [2.24, 2.45) is 0 Å². The lowest BCUT2D eigenvalue weighted by Gasteiger charge is -2.15. The highest BCUT2D eigenvalue weighted by Gasteiger charge is 2.24. The van der Waals surface area contributed by atoms with Crippen molar-refractivity contribution in [2.75, 3.05) is 10.6 Å². The van der Waals surface area contributed by atoms with E-state index in [1.165, 1.54) is 11.3 Å². The molecule has 2 aromatic carbocycles. The molecule has 0 aliphatic carbocycles. The van der Waals surface area contributed by atoms with Crippen molar-refractivity contribution in [3.8, 4) is 0 Å². The minimum Gasteiger partial charge on any atom is -0.348 e. The number of carbonyl (C=O) groups is 2. The summed E-state index contributed by atoms with van der Waals surface area (Å²) >= 11 is 1.41. The van der Waals surface area contributed by atoms with Gasteiger partial charge in [-0.3, -0.25) is 15.1 Å². The number of fused-ring (bicyclic) bond motifs is 1. The van der Waals surface area contributed by atoms with Crippen molar-refractivity contribution in [1.29, 1.82) is 0 Å². The fourth-order valence-corrected chi connectivity index (χ4v) is 4.50. The maximum atomic E-state index is 13.0. The van der Waals surface area contributed by atoms with Crippen LogP contribution in [0.1, 0.15) is 41.6 Å². The standard InChI is InChI=1S/C26H26N4O2S/c1-26(2,3)22-14-20(23(31)28-16-17-8-7-13-27-15-17)24(33-22)30-25(32)29-21-12-6-10-18-9-4-5-11-19(18)21/h4-15H,16H2,1-3H3,(H,28,31)(H2,29,30,32). The van der Waals surface area contributed by atoms with Crippen molar-refractivity contribution < 1.29 is 9.59 Å². The predicted octanol–water partition coefficient (Wildman–Crippen LogP) is 6.17. The lowest BCUT2D eigenvalue weighted by Crippen LogP contribution is -2.25. The lowest BCUT2D eigenvalue weighted by atomic mass is 9.94. The highest BCUT2D eigenvalue weighted by molar-refractivity contribution is 7.16. The Labute approximate surface area is 197 Å². The highest BCUT2D eigenvalue weighted by atomic mass is 32.1. The summed E-state index contributed by atoms with van der Waals surface area (Å²) in [4.78, 5) is 31.0. The monoisotopic (exact) mass is 458 g/mol. The molecule has 0 bridgehead atoms. The number of rotatable bonds is 5. The first kappa shape index (κ1) is 22.5. The maximum absolute atomic E-state index is 13.0. The van der Waals surface area contributed by atoms with Gasteiger partial charge >= 0.3 is 6.03 Å². The highest BCUT2D eigenvalue weighted by Crippen LogP contribution is 2.36. The van der Waals surface area contributed by atoms with Crippen LogP contribution in [-0.4, -0.2) is 16.9 Å². The molecule has 0 aliphatic heterocycles. The van der Waals surface area contributed by atoms with Crippen LogP contribution >= 0.6 is 11.3 Å². The number of thiophene rings is 1. The van der Waals surface area contributed by atoms with Gasteiger partial charge in [0.05, 0.1) is 11.3 Å². The molecule has 4 aromatic rings. The van der Waals surface area contributed by atoms with Gasteiger partial charge in [-0.15, -0.1) is 11.3 Å². The third-order valence-electron chi connectivity index (χ3n) is 5.16. The van der Waals surface area contributed by atoms with Gasteiger partial charge in [0.15, 0.2) is 0 Å². The van der Waals surface area contributed by atoms with Gasteiger partial charge in [-0.25, -0.2) is 4.79 Å². The fourth-order valence-electron chi connectivity index (χ4n) is 3.39. The number of pyridine rings is 1. The Balaban J connectivity index is 1.55. The Hall–Kier alpha value is -3.71. The van der Waals surface area contributed by atoms with Crippen molar-refractivity contribution >= 4 is 44.7 Å². The summed E-state index contributed by atoms with van der Waals surface area (Å²) in [7, 11) is 0. The number of urea groups is 1. The van der Waals surface area contributed by atoms with Crippen molar-refractivity contribution in [1.82, 2.24) is 10.3 Å². The second-order valence-corrected chi connectivity index (χ2v) is 9.81. The van der Waals surface area contributed by atoms with Crippen LogP contribution in [0.5, 0.6) is 0 Å². The number of benzene rings is 2. The Morgan fingerprint density at radius 2 is 1.76 bits per heavy atom. The Kier molecular flexibility index (Phi) is 6.42. The van der Waals surface area contributed by atoms with E-state index in [-0.39, 0.29) is 11.3 Å². The van der Waals surface area contributed by atoms with Gasteiger partial charge in [0.1, 0.15) is 5.00 Å². The van der Waals surface area contributed by atoms with Crippen molar-refractivity contribution in [3.63, 3.8) is 0 Å². The van der Waals surface area contributed by atoms with E-state index >= 15 is 0 Å². The largest absolute Gasteiger partial charge is 0.348 e. The van der Waals surface area contributed by atoms with E-state index in [4.69, 9.17) is 0 Å². The zero-order valence-corrected chi connectivity index (χ0v) is 19.6. The quantitative estimate of drug-likeness (QED) is 0.334. The van der Waals surface area contributed by atoms with Crippen LogP contribution in [0.15, 0.2) is 73.1 Å². The average molecular weight is 459 g/mol. The molecule has 0 atom stereocenters. The van der Waals surface area contributed by atoms with E-state index in [1.54, 1.807) is 12.4 Å². The topological polar surface area (TPSA) is 83.1 Å². The molecular formula is C26H26N4O2S. The molecule has 4 rings (SSSR count). The molecule has 0 radical (unpaired) electrons. The molecule has 168 valence electrons. The molecular weight excluding hydrogens is 432 g/mol. The SMILES string of the molecule is CC(C)(C)c1cc(C(=O)NCc2cccnc2)c(NC(=O)Nc2cccc3ccccc23)s1. The zero-order chi connectivity index (χ0) is 23.4. The summed E-state index contributed by atoms with van der Waals surface area (Å²) < 4.78 is 0. The third-order valence-corrected chi connectivity index (χ3v) is 6.63. The first-order valence-electron chi connectivity index (χ1n) is 10.7. The molecule has 0 saturated carbocycles. The van der Waals surface area contributed by atoms with Crippen molar-refractivity contribution in [2.45, 2.75) is 32.7 Å². The summed E-state index contributed by atoms with van der Waals surface area (Å²) in [5, 5.41) is 11.2. The average Bonchev–Trinajstić information content (AvgIpc) is 3.23. The minimum atomic E-state index is -0.394. The molecule has 33 heavy (non-hydrogen) atoms. The number of hydrogen-bond donors (Lipinski definition) is 3. The van der Waals surface area contributed by atoms with Gasteiger partial charge in [-0.1, -0.05) is 63.2 Å². The van der Waals surface area contributed by atoms with Crippen LogP contribution in [0.4, 0.5) is 15.5 Å². The normalized spacial score (nSPS) is 11.2. The van der Waals surface area contributed by atoms with Crippen LogP contribution in [0.3, 0.4) is 0 Å². The Morgan fingerprint density at radius 3 is 2.52 bits per heavy atom. The summed E-state index contributed by atoms with van der Waals surface area (Å²) in [6, 6.07) is 18.8. The van der Waals surface area contributed by atoms with Gasteiger partial charge in [0, 0.05) is 29.2 Å². The lowest BCUT2D eigenvalue weighted by molar-refractivity contribution is 0.0952. The summed E-state index contributed by atoms with van der Waals surface area (Å²) in [5.74, 6) is -0.244. The van der Waals surface area contributed by atoms with E-state index in [0.29, 0.717) is 22.8 Å². The van der Waals surface area contributed by atoms with Crippen molar-refractivity contribution in [3.05, 3.63) is 89.1 Å². The van der Waals surface area contributed by atoms with E-state index in [2.05, 4.69) is 41.7 Å². The number of anilines is 2. The number of carbonyl (C=O) groups excluding carboxylic acids is 2. The molecule has 0 unspecified atom stereocenters. The summed E-state index contributed by atoms with van der Waals surface area (Å²) in [5.41, 5.74) is 1.90. The minimum absolute atomic E-state index is 0.158. The van der Waals surface area contributed by atoms with Crippen LogP contribution < -0.4 is 16.0 Å². The molecule has 3 amide bonds. The van der Waals surface area contributed by atoms with Crippen LogP contribution in [0.25, 0.3) is 10.8 Å². The zero-order valence-electron chi connectivity index (χ0n) is 18.8. The molecule has 2 heterocycles. The van der Waals surface area contributed by atoms with Gasteiger partial charge in [0.25, 0.3) is 5.91 Å². The van der Waals surface area contributed by atoms with Gasteiger partial charge in [0.2, 0.25) is 0 Å². The number of nitrogens with one attached hydrogen (secondary N) is 3. The Morgan fingerprint density at radius 1 is 0.970 bits per heavy atom. The van der Waals surface area contributed by atoms with Crippen LogP contribution in [0, 0.1) is 0 Å². The summed E-state index contributed by atoms with van der Waals surface area (Å²) in [6.45, 7) is 6.59. The first-order valence-corrected chi connectivity index (χ1v) is 11.5. The molecule has 3 N–H and O–H groups in total. The van der Waals surface area contributed by atoms with Gasteiger partial charge < -0.3 is 10.6 Å². The second kappa shape index (κ2) is 9.42.